The maximum atomic E-state index is 13.6. The first-order valence-corrected chi connectivity index (χ1v) is 10.5. The number of benzene rings is 2. The van der Waals surface area contributed by atoms with Gasteiger partial charge >= 0.3 is 6.09 Å². The molecule has 1 saturated carbocycles. The van der Waals surface area contributed by atoms with E-state index in [2.05, 4.69) is 29.2 Å². The van der Waals surface area contributed by atoms with Crippen molar-refractivity contribution in [1.29, 1.82) is 0 Å². The topological polar surface area (TPSA) is 49.9 Å². The van der Waals surface area contributed by atoms with Gasteiger partial charge in [0.1, 0.15) is 12.6 Å². The summed E-state index contributed by atoms with van der Waals surface area (Å²) in [5.41, 5.74) is 2.21. The number of nitrogens with zero attached hydrogens (tertiary/aromatic N) is 2. The number of carbonyl (C=O) groups is 2. The van der Waals surface area contributed by atoms with Crippen LogP contribution in [0.5, 0.6) is 0 Å². The molecule has 2 amide bonds. The minimum absolute atomic E-state index is 0.0613. The Labute approximate surface area is 171 Å². The van der Waals surface area contributed by atoms with Gasteiger partial charge in [0, 0.05) is 19.6 Å². The number of rotatable bonds is 5. The number of imide groups is 1. The summed E-state index contributed by atoms with van der Waals surface area (Å²) in [6.45, 7) is 2.72. The summed E-state index contributed by atoms with van der Waals surface area (Å²) in [6.07, 6.45) is 1.89. The predicted molar refractivity (Wildman–Crippen MR) is 109 cm³/mol. The van der Waals surface area contributed by atoms with Crippen LogP contribution in [0.3, 0.4) is 0 Å². The second kappa shape index (κ2) is 7.64. The third-order valence-electron chi connectivity index (χ3n) is 6.53. The van der Waals surface area contributed by atoms with Gasteiger partial charge < -0.3 is 4.74 Å². The number of hydrogen-bond donors (Lipinski definition) is 0. The Morgan fingerprint density at radius 3 is 2.34 bits per heavy atom. The fraction of sp³-hybridized carbons (Fsp3) is 0.417. The Hall–Kier alpha value is -2.66. The molecular weight excluding hydrogens is 364 g/mol. The Morgan fingerprint density at radius 1 is 0.966 bits per heavy atom. The standard InChI is InChI=1S/C24H26N2O3/c27-23(26-22(16-29-24(26)28)19-9-5-2-6-10-19)21-15-25(14-20(21)18-11-12-18)13-17-7-3-1-4-8-17/h1-10,18,20-22H,11-16H2/t20-,21-,22-/m1/s1. The van der Waals surface area contributed by atoms with Crippen LogP contribution in [0.4, 0.5) is 4.79 Å². The Balaban J connectivity index is 1.36. The molecule has 1 aliphatic carbocycles. The third kappa shape index (κ3) is 3.67. The Bertz CT molecular complexity index is 882. The van der Waals surface area contributed by atoms with E-state index in [-0.39, 0.29) is 24.5 Å². The van der Waals surface area contributed by atoms with Crippen LogP contribution in [0.25, 0.3) is 0 Å². The van der Waals surface area contributed by atoms with Crippen molar-refractivity contribution in [2.24, 2.45) is 17.8 Å². The van der Waals surface area contributed by atoms with Gasteiger partial charge in [0.2, 0.25) is 5.91 Å². The number of likely N-dealkylation sites (tertiary alicyclic amines) is 1. The van der Waals surface area contributed by atoms with Crippen LogP contribution in [-0.4, -0.2) is 41.5 Å². The fourth-order valence-corrected chi connectivity index (χ4v) is 4.91. The van der Waals surface area contributed by atoms with E-state index in [4.69, 9.17) is 4.74 Å². The number of amides is 2. The number of carbonyl (C=O) groups excluding carboxylic acids is 2. The SMILES string of the molecule is O=C1OC[C@H](c2ccccc2)N1C(=O)[C@@H]1CN(Cc2ccccc2)C[C@@H]1C1CC1. The molecule has 0 aromatic heterocycles. The molecule has 2 aliphatic heterocycles. The smallest absolute Gasteiger partial charge is 0.417 e. The van der Waals surface area contributed by atoms with Gasteiger partial charge in [0.05, 0.1) is 5.92 Å². The van der Waals surface area contributed by atoms with Gasteiger partial charge in [-0.15, -0.1) is 0 Å². The molecule has 2 heterocycles. The zero-order valence-corrected chi connectivity index (χ0v) is 16.4. The van der Waals surface area contributed by atoms with Crippen molar-refractivity contribution in [2.75, 3.05) is 19.7 Å². The molecule has 5 rings (SSSR count). The molecule has 5 heteroatoms. The highest BCUT2D eigenvalue weighted by Gasteiger charge is 2.50. The zero-order valence-electron chi connectivity index (χ0n) is 16.4. The first kappa shape index (κ1) is 18.4. The van der Waals surface area contributed by atoms with Crippen molar-refractivity contribution < 1.29 is 14.3 Å². The monoisotopic (exact) mass is 390 g/mol. The van der Waals surface area contributed by atoms with Crippen molar-refractivity contribution >= 4 is 12.0 Å². The lowest BCUT2D eigenvalue weighted by Crippen LogP contribution is -2.41. The fourth-order valence-electron chi connectivity index (χ4n) is 4.91. The van der Waals surface area contributed by atoms with E-state index >= 15 is 0 Å². The van der Waals surface area contributed by atoms with Crippen molar-refractivity contribution in [3.8, 4) is 0 Å². The van der Waals surface area contributed by atoms with Crippen LogP contribution in [0, 0.1) is 17.8 Å². The Morgan fingerprint density at radius 2 is 1.66 bits per heavy atom. The van der Waals surface area contributed by atoms with Crippen LogP contribution in [0.15, 0.2) is 60.7 Å². The number of cyclic esters (lactones) is 1. The predicted octanol–water partition coefficient (Wildman–Crippen LogP) is 3.86. The maximum absolute atomic E-state index is 13.6. The van der Waals surface area contributed by atoms with E-state index in [1.165, 1.54) is 23.3 Å². The summed E-state index contributed by atoms with van der Waals surface area (Å²) in [4.78, 5) is 29.8. The molecule has 5 nitrogen and oxygen atoms in total. The lowest BCUT2D eigenvalue weighted by molar-refractivity contribution is -0.134. The van der Waals surface area contributed by atoms with E-state index in [1.807, 2.05) is 36.4 Å². The summed E-state index contributed by atoms with van der Waals surface area (Å²) < 4.78 is 5.30. The molecule has 150 valence electrons. The zero-order chi connectivity index (χ0) is 19.8. The maximum Gasteiger partial charge on any atom is 0.417 e. The van der Waals surface area contributed by atoms with Gasteiger partial charge in [-0.1, -0.05) is 60.7 Å². The molecule has 0 N–H and O–H groups in total. The molecule has 0 unspecified atom stereocenters. The first-order valence-electron chi connectivity index (χ1n) is 10.5. The molecule has 3 atom stereocenters. The molecule has 0 bridgehead atoms. The molecule has 0 spiro atoms. The summed E-state index contributed by atoms with van der Waals surface area (Å²) in [5, 5.41) is 0. The number of hydrogen-bond acceptors (Lipinski definition) is 4. The van der Waals surface area contributed by atoms with Gasteiger partial charge in [0.25, 0.3) is 0 Å². The molecule has 29 heavy (non-hydrogen) atoms. The van der Waals surface area contributed by atoms with Crippen LogP contribution in [-0.2, 0) is 16.1 Å². The van der Waals surface area contributed by atoms with Crippen molar-refractivity contribution in [2.45, 2.75) is 25.4 Å². The minimum Gasteiger partial charge on any atom is -0.446 e. The van der Waals surface area contributed by atoms with Gasteiger partial charge in [-0.05, 0) is 35.8 Å². The lowest BCUT2D eigenvalue weighted by atomic mass is 9.89. The van der Waals surface area contributed by atoms with E-state index in [0.717, 1.165) is 18.7 Å². The van der Waals surface area contributed by atoms with Gasteiger partial charge in [-0.25, -0.2) is 9.69 Å². The average Bonchev–Trinajstić information content (AvgIpc) is 3.40. The summed E-state index contributed by atoms with van der Waals surface area (Å²) >= 11 is 0. The first-order chi connectivity index (χ1) is 14.2. The highest BCUT2D eigenvalue weighted by atomic mass is 16.6. The van der Waals surface area contributed by atoms with E-state index in [9.17, 15) is 9.59 Å². The van der Waals surface area contributed by atoms with Crippen molar-refractivity contribution in [1.82, 2.24) is 9.80 Å². The van der Waals surface area contributed by atoms with Crippen molar-refractivity contribution in [3.05, 3.63) is 71.8 Å². The average molecular weight is 390 g/mol. The molecule has 2 aromatic carbocycles. The number of ether oxygens (including phenoxy) is 1. The lowest BCUT2D eigenvalue weighted by Gasteiger charge is -2.25. The summed E-state index contributed by atoms with van der Waals surface area (Å²) in [5.74, 6) is 0.742. The van der Waals surface area contributed by atoms with Crippen molar-refractivity contribution in [3.63, 3.8) is 0 Å². The highest BCUT2D eigenvalue weighted by molar-refractivity contribution is 5.95. The normalized spacial score (nSPS) is 27.2. The van der Waals surface area contributed by atoms with E-state index in [0.29, 0.717) is 18.4 Å². The molecule has 3 fully saturated rings. The molecule has 3 aliphatic rings. The van der Waals surface area contributed by atoms with E-state index < -0.39 is 6.09 Å². The highest BCUT2D eigenvalue weighted by Crippen LogP contribution is 2.45. The van der Waals surface area contributed by atoms with Crippen LogP contribution in [0.2, 0.25) is 0 Å². The largest absolute Gasteiger partial charge is 0.446 e. The van der Waals surface area contributed by atoms with Gasteiger partial charge in [0.15, 0.2) is 0 Å². The summed E-state index contributed by atoms with van der Waals surface area (Å²) in [7, 11) is 0. The van der Waals surface area contributed by atoms with Gasteiger partial charge in [-0.3, -0.25) is 9.69 Å². The van der Waals surface area contributed by atoms with Crippen LogP contribution in [0.1, 0.15) is 30.0 Å². The van der Waals surface area contributed by atoms with Gasteiger partial charge in [-0.2, -0.15) is 0 Å². The molecular formula is C24H26N2O3. The van der Waals surface area contributed by atoms with Crippen LogP contribution < -0.4 is 0 Å². The quantitative estimate of drug-likeness (QED) is 0.778. The second-order valence-corrected chi connectivity index (χ2v) is 8.50. The second-order valence-electron chi connectivity index (χ2n) is 8.50. The minimum atomic E-state index is -0.500. The van der Waals surface area contributed by atoms with Crippen LogP contribution >= 0.6 is 0 Å². The summed E-state index contributed by atoms with van der Waals surface area (Å²) in [6, 6.07) is 19.8. The molecule has 2 saturated heterocycles. The Kier molecular flexibility index (Phi) is 4.84. The molecule has 2 aromatic rings. The molecule has 0 radical (unpaired) electrons. The third-order valence-corrected chi connectivity index (χ3v) is 6.53. The van der Waals surface area contributed by atoms with E-state index in [1.54, 1.807) is 0 Å².